The Kier molecular flexibility index (Phi) is 5.01. The van der Waals surface area contributed by atoms with Crippen molar-refractivity contribution in [3.63, 3.8) is 0 Å². The molecule has 88 valence electrons. The van der Waals surface area contributed by atoms with E-state index in [0.29, 0.717) is 13.2 Å². The zero-order valence-corrected chi connectivity index (χ0v) is 9.32. The van der Waals surface area contributed by atoms with Crippen molar-refractivity contribution in [3.8, 4) is 0 Å². The topological polar surface area (TPSA) is 70.6 Å². The summed E-state index contributed by atoms with van der Waals surface area (Å²) >= 11 is 0. The minimum atomic E-state index is -0.143. The Bertz CT molecular complexity index is 207. The number of hydrogen-bond acceptors (Lipinski definition) is 4. The zero-order valence-electron chi connectivity index (χ0n) is 9.32. The van der Waals surface area contributed by atoms with Crippen LogP contribution < -0.4 is 10.6 Å². The standard InChI is InChI=1S/C10H20N2O3/c1-3-7(4-13)12-10(14)8-5-15-6-9(8)11-2/h7-9,11,13H,3-6H2,1-2H3,(H,12,14)/t7-,8?,9?/m0/s1. The molecule has 1 aliphatic rings. The molecular formula is C10H20N2O3. The highest BCUT2D eigenvalue weighted by Gasteiger charge is 2.33. The fourth-order valence-electron chi connectivity index (χ4n) is 1.68. The molecule has 0 aromatic heterocycles. The van der Waals surface area contributed by atoms with Crippen molar-refractivity contribution in [1.82, 2.24) is 10.6 Å². The quantitative estimate of drug-likeness (QED) is 0.557. The summed E-state index contributed by atoms with van der Waals surface area (Å²) in [5.41, 5.74) is 0. The number of hydrogen-bond donors (Lipinski definition) is 3. The minimum absolute atomic E-state index is 0.0139. The maximum absolute atomic E-state index is 11.8. The van der Waals surface area contributed by atoms with Crippen LogP contribution in [0.3, 0.4) is 0 Å². The number of carbonyl (C=O) groups is 1. The molecule has 0 saturated carbocycles. The first-order valence-electron chi connectivity index (χ1n) is 5.39. The minimum Gasteiger partial charge on any atom is -0.394 e. The smallest absolute Gasteiger partial charge is 0.227 e. The number of aliphatic hydroxyl groups excluding tert-OH is 1. The zero-order chi connectivity index (χ0) is 11.3. The monoisotopic (exact) mass is 216 g/mol. The van der Waals surface area contributed by atoms with Crippen molar-refractivity contribution in [2.75, 3.05) is 26.9 Å². The van der Waals surface area contributed by atoms with Gasteiger partial charge in [-0.3, -0.25) is 4.79 Å². The van der Waals surface area contributed by atoms with Gasteiger partial charge in [0.2, 0.25) is 5.91 Å². The van der Waals surface area contributed by atoms with E-state index in [4.69, 9.17) is 9.84 Å². The Labute approximate surface area is 90.2 Å². The first-order chi connectivity index (χ1) is 7.22. The van der Waals surface area contributed by atoms with Crippen LogP contribution in [0.4, 0.5) is 0 Å². The van der Waals surface area contributed by atoms with Crippen molar-refractivity contribution >= 4 is 5.91 Å². The van der Waals surface area contributed by atoms with E-state index in [2.05, 4.69) is 10.6 Å². The van der Waals surface area contributed by atoms with Crippen molar-refractivity contribution in [2.45, 2.75) is 25.4 Å². The van der Waals surface area contributed by atoms with Crippen molar-refractivity contribution in [2.24, 2.45) is 5.92 Å². The summed E-state index contributed by atoms with van der Waals surface area (Å²) in [4.78, 5) is 11.8. The fraction of sp³-hybridized carbons (Fsp3) is 0.900. The molecule has 1 saturated heterocycles. The van der Waals surface area contributed by atoms with Crippen LogP contribution in [0.2, 0.25) is 0 Å². The summed E-state index contributed by atoms with van der Waals surface area (Å²) in [6.07, 6.45) is 0.736. The van der Waals surface area contributed by atoms with Crippen LogP contribution in [0, 0.1) is 5.92 Å². The lowest BCUT2D eigenvalue weighted by atomic mass is 10.0. The normalized spacial score (nSPS) is 27.7. The summed E-state index contributed by atoms with van der Waals surface area (Å²) in [5.74, 6) is -0.177. The molecule has 0 spiro atoms. The van der Waals surface area contributed by atoms with Gasteiger partial charge in [-0.25, -0.2) is 0 Å². The molecule has 5 heteroatoms. The first kappa shape index (κ1) is 12.4. The SMILES string of the molecule is CC[C@@H](CO)NC(=O)C1COCC1NC. The van der Waals surface area contributed by atoms with Crippen LogP contribution in [-0.2, 0) is 9.53 Å². The first-order valence-corrected chi connectivity index (χ1v) is 5.39. The van der Waals surface area contributed by atoms with Crippen LogP contribution in [0.15, 0.2) is 0 Å². The van der Waals surface area contributed by atoms with Gasteiger partial charge in [0.25, 0.3) is 0 Å². The van der Waals surface area contributed by atoms with Crippen LogP contribution >= 0.6 is 0 Å². The second kappa shape index (κ2) is 6.05. The lowest BCUT2D eigenvalue weighted by molar-refractivity contribution is -0.126. The van der Waals surface area contributed by atoms with Gasteiger partial charge in [-0.1, -0.05) is 6.92 Å². The molecule has 1 amide bonds. The van der Waals surface area contributed by atoms with E-state index in [9.17, 15) is 4.79 Å². The maximum atomic E-state index is 11.8. The van der Waals surface area contributed by atoms with Crippen molar-refractivity contribution in [3.05, 3.63) is 0 Å². The molecule has 2 unspecified atom stereocenters. The van der Waals surface area contributed by atoms with Gasteiger partial charge in [-0.05, 0) is 13.5 Å². The van der Waals surface area contributed by atoms with Gasteiger partial charge in [0.15, 0.2) is 0 Å². The highest BCUT2D eigenvalue weighted by Crippen LogP contribution is 2.13. The van der Waals surface area contributed by atoms with Gasteiger partial charge in [0.1, 0.15) is 0 Å². The molecule has 1 aliphatic heterocycles. The van der Waals surface area contributed by atoms with Crippen molar-refractivity contribution < 1.29 is 14.6 Å². The summed E-state index contributed by atoms with van der Waals surface area (Å²) in [6, 6.07) is -0.0585. The van der Waals surface area contributed by atoms with Gasteiger partial charge in [-0.2, -0.15) is 0 Å². The Morgan fingerprint density at radius 2 is 2.33 bits per heavy atom. The lowest BCUT2D eigenvalue weighted by Gasteiger charge is -2.20. The molecule has 1 heterocycles. The van der Waals surface area contributed by atoms with Gasteiger partial charge in [0.05, 0.1) is 31.8 Å². The van der Waals surface area contributed by atoms with Crippen LogP contribution in [-0.4, -0.2) is 50.0 Å². The summed E-state index contributed by atoms with van der Waals surface area (Å²) in [7, 11) is 1.82. The highest BCUT2D eigenvalue weighted by molar-refractivity contribution is 5.80. The Balaban J connectivity index is 2.45. The number of nitrogens with one attached hydrogen (secondary N) is 2. The summed E-state index contributed by atoms with van der Waals surface area (Å²) in [6.45, 7) is 2.95. The van der Waals surface area contributed by atoms with Crippen LogP contribution in [0.25, 0.3) is 0 Å². The molecule has 5 nitrogen and oxygen atoms in total. The molecule has 1 rings (SSSR count). The average molecular weight is 216 g/mol. The van der Waals surface area contributed by atoms with Gasteiger partial charge < -0.3 is 20.5 Å². The third kappa shape index (κ3) is 3.15. The number of amides is 1. The molecule has 0 radical (unpaired) electrons. The van der Waals surface area contributed by atoms with E-state index in [0.717, 1.165) is 6.42 Å². The average Bonchev–Trinajstić information content (AvgIpc) is 2.73. The predicted octanol–water partition coefficient (Wildman–Crippen LogP) is -0.892. The maximum Gasteiger partial charge on any atom is 0.227 e. The van der Waals surface area contributed by atoms with Crippen LogP contribution in [0.5, 0.6) is 0 Å². The number of carbonyl (C=O) groups excluding carboxylic acids is 1. The van der Waals surface area contributed by atoms with Gasteiger partial charge in [-0.15, -0.1) is 0 Å². The molecule has 1 fully saturated rings. The molecule has 3 N–H and O–H groups in total. The number of likely N-dealkylation sites (N-methyl/N-ethyl adjacent to an activating group) is 1. The highest BCUT2D eigenvalue weighted by atomic mass is 16.5. The fourth-order valence-corrected chi connectivity index (χ4v) is 1.68. The van der Waals surface area contributed by atoms with E-state index in [-0.39, 0.29) is 30.5 Å². The number of ether oxygens (including phenoxy) is 1. The molecule has 0 aromatic carbocycles. The Hall–Kier alpha value is -0.650. The molecule has 0 aliphatic carbocycles. The molecule has 3 atom stereocenters. The largest absolute Gasteiger partial charge is 0.394 e. The van der Waals surface area contributed by atoms with Gasteiger partial charge >= 0.3 is 0 Å². The molecule has 15 heavy (non-hydrogen) atoms. The van der Waals surface area contributed by atoms with E-state index in [1.165, 1.54) is 0 Å². The van der Waals surface area contributed by atoms with Crippen LogP contribution in [0.1, 0.15) is 13.3 Å². The van der Waals surface area contributed by atoms with Gasteiger partial charge in [0, 0.05) is 6.04 Å². The number of rotatable bonds is 5. The van der Waals surface area contributed by atoms with E-state index >= 15 is 0 Å². The Morgan fingerprint density at radius 1 is 1.60 bits per heavy atom. The predicted molar refractivity (Wildman–Crippen MR) is 56.5 cm³/mol. The lowest BCUT2D eigenvalue weighted by Crippen LogP contribution is -2.46. The summed E-state index contributed by atoms with van der Waals surface area (Å²) in [5, 5.41) is 14.8. The third-order valence-electron chi connectivity index (χ3n) is 2.85. The molecular weight excluding hydrogens is 196 g/mol. The molecule has 0 bridgehead atoms. The Morgan fingerprint density at radius 3 is 2.87 bits per heavy atom. The number of aliphatic hydroxyl groups is 1. The second-order valence-electron chi connectivity index (χ2n) is 3.84. The van der Waals surface area contributed by atoms with E-state index < -0.39 is 0 Å². The second-order valence-corrected chi connectivity index (χ2v) is 3.84. The van der Waals surface area contributed by atoms with E-state index in [1.54, 1.807) is 0 Å². The van der Waals surface area contributed by atoms with Crippen molar-refractivity contribution in [1.29, 1.82) is 0 Å². The van der Waals surface area contributed by atoms with E-state index in [1.807, 2.05) is 14.0 Å². The summed E-state index contributed by atoms with van der Waals surface area (Å²) < 4.78 is 5.24. The molecule has 0 aromatic rings. The third-order valence-corrected chi connectivity index (χ3v) is 2.85.